The molecule has 2 aromatic rings. The number of nitrogens with zero attached hydrogens (tertiary/aromatic N) is 2. The first-order valence-corrected chi connectivity index (χ1v) is 4.91. The number of hydrogen-bond donors (Lipinski definition) is 1. The van der Waals surface area contributed by atoms with Gasteiger partial charge < -0.3 is 5.32 Å². The molecule has 0 unspecified atom stereocenters. The topological polar surface area (TPSA) is 37.8 Å². The van der Waals surface area contributed by atoms with Crippen molar-refractivity contribution < 1.29 is 0 Å². The van der Waals surface area contributed by atoms with Crippen LogP contribution in [0.3, 0.4) is 0 Å². The first-order chi connectivity index (χ1) is 6.45. The molecule has 0 atom stereocenters. The maximum absolute atomic E-state index is 4.11. The van der Waals surface area contributed by atoms with E-state index in [1.165, 1.54) is 0 Å². The van der Waals surface area contributed by atoms with Gasteiger partial charge in [-0.05, 0) is 17.5 Å². The summed E-state index contributed by atoms with van der Waals surface area (Å²) in [6.07, 6.45) is 3.50. The van der Waals surface area contributed by atoms with Gasteiger partial charge in [-0.2, -0.15) is 11.3 Å². The van der Waals surface area contributed by atoms with Crippen molar-refractivity contribution in [3.05, 3.63) is 41.1 Å². The fraction of sp³-hybridized carbons (Fsp3) is 0.111. The lowest BCUT2D eigenvalue weighted by atomic mass is 10.5. The lowest BCUT2D eigenvalue weighted by Crippen LogP contribution is -2.02. The highest BCUT2D eigenvalue weighted by Gasteiger charge is 1.94. The van der Waals surface area contributed by atoms with Crippen LogP contribution in [0.2, 0.25) is 0 Å². The highest BCUT2D eigenvalue weighted by Crippen LogP contribution is 2.11. The average Bonchev–Trinajstić information content (AvgIpc) is 2.69. The van der Waals surface area contributed by atoms with Crippen molar-refractivity contribution in [3.63, 3.8) is 0 Å². The minimum absolute atomic E-state index is 0.678. The predicted molar refractivity (Wildman–Crippen MR) is 53.7 cm³/mol. The fourth-order valence-electron chi connectivity index (χ4n) is 0.967. The minimum atomic E-state index is 0.678. The maximum atomic E-state index is 4.11. The summed E-state index contributed by atoms with van der Waals surface area (Å²) in [5.41, 5.74) is 1.12. The van der Waals surface area contributed by atoms with E-state index in [1.54, 1.807) is 23.7 Å². The van der Waals surface area contributed by atoms with Gasteiger partial charge in [-0.25, -0.2) is 9.97 Å². The molecule has 0 fully saturated rings. The first kappa shape index (κ1) is 8.19. The summed E-state index contributed by atoms with van der Waals surface area (Å²) < 4.78 is 0. The molecule has 0 bridgehead atoms. The Labute approximate surface area is 80.5 Å². The molecule has 0 amide bonds. The molecule has 0 spiro atoms. The second-order valence-electron chi connectivity index (χ2n) is 2.53. The van der Waals surface area contributed by atoms with Gasteiger partial charge in [0, 0.05) is 23.5 Å². The Bertz CT molecular complexity index is 344. The second kappa shape index (κ2) is 4.00. The third-order valence-corrected chi connectivity index (χ3v) is 2.27. The van der Waals surface area contributed by atoms with Gasteiger partial charge in [0.15, 0.2) is 0 Å². The average molecular weight is 191 g/mol. The van der Waals surface area contributed by atoms with Crippen molar-refractivity contribution in [1.29, 1.82) is 0 Å². The molecule has 0 aliphatic carbocycles. The summed E-state index contributed by atoms with van der Waals surface area (Å²) in [4.78, 5) is 8.22. The number of hydrogen-bond acceptors (Lipinski definition) is 4. The number of nitrogens with one attached hydrogen (secondary N) is 1. The van der Waals surface area contributed by atoms with Crippen LogP contribution >= 0.6 is 11.3 Å². The van der Waals surface area contributed by atoms with Crippen LogP contribution < -0.4 is 5.32 Å². The molecule has 3 nitrogen and oxygen atoms in total. The van der Waals surface area contributed by atoms with Crippen molar-refractivity contribution in [1.82, 2.24) is 9.97 Å². The van der Waals surface area contributed by atoms with Crippen LogP contribution in [0.4, 0.5) is 5.69 Å². The normalized spacial score (nSPS) is 9.85. The zero-order chi connectivity index (χ0) is 8.93. The molecule has 4 heteroatoms. The standard InChI is InChI=1S/C9H9N3S/c1-3-10-9(11-4-1)6-12-8-2-5-13-7-8/h1-5,7,12H,6H2. The van der Waals surface area contributed by atoms with Crippen molar-refractivity contribution in [2.75, 3.05) is 5.32 Å². The number of aromatic nitrogens is 2. The summed E-state index contributed by atoms with van der Waals surface area (Å²) in [7, 11) is 0. The van der Waals surface area contributed by atoms with E-state index < -0.39 is 0 Å². The van der Waals surface area contributed by atoms with Gasteiger partial charge in [0.25, 0.3) is 0 Å². The second-order valence-corrected chi connectivity index (χ2v) is 3.31. The molecule has 0 aliphatic rings. The zero-order valence-electron chi connectivity index (χ0n) is 6.97. The molecule has 0 saturated heterocycles. The van der Waals surface area contributed by atoms with Crippen molar-refractivity contribution >= 4 is 17.0 Å². The van der Waals surface area contributed by atoms with E-state index in [9.17, 15) is 0 Å². The molecular formula is C9H9N3S. The van der Waals surface area contributed by atoms with Crippen LogP contribution in [0.25, 0.3) is 0 Å². The summed E-state index contributed by atoms with van der Waals surface area (Å²) in [5, 5.41) is 7.32. The van der Waals surface area contributed by atoms with Crippen LogP contribution in [-0.2, 0) is 6.54 Å². The van der Waals surface area contributed by atoms with Gasteiger partial charge in [0.1, 0.15) is 5.82 Å². The molecule has 0 aromatic carbocycles. The Hall–Kier alpha value is -1.42. The summed E-state index contributed by atoms with van der Waals surface area (Å²) in [5.74, 6) is 0.814. The largest absolute Gasteiger partial charge is 0.377 e. The van der Waals surface area contributed by atoms with Crippen LogP contribution in [0.5, 0.6) is 0 Å². The Morgan fingerprint density at radius 3 is 2.85 bits per heavy atom. The minimum Gasteiger partial charge on any atom is -0.377 e. The zero-order valence-corrected chi connectivity index (χ0v) is 7.79. The molecular weight excluding hydrogens is 182 g/mol. The van der Waals surface area contributed by atoms with Crippen molar-refractivity contribution in [3.8, 4) is 0 Å². The van der Waals surface area contributed by atoms with E-state index in [4.69, 9.17) is 0 Å². The maximum Gasteiger partial charge on any atom is 0.147 e. The van der Waals surface area contributed by atoms with Gasteiger partial charge in [0.2, 0.25) is 0 Å². The quantitative estimate of drug-likeness (QED) is 0.807. The van der Waals surface area contributed by atoms with Crippen LogP contribution in [0, 0.1) is 0 Å². The van der Waals surface area contributed by atoms with Crippen LogP contribution in [-0.4, -0.2) is 9.97 Å². The van der Waals surface area contributed by atoms with Gasteiger partial charge in [-0.3, -0.25) is 0 Å². The van der Waals surface area contributed by atoms with Crippen LogP contribution in [0.1, 0.15) is 5.82 Å². The van der Waals surface area contributed by atoms with E-state index in [2.05, 4.69) is 20.7 Å². The Morgan fingerprint density at radius 2 is 2.15 bits per heavy atom. The summed E-state index contributed by atoms with van der Waals surface area (Å²) in [6.45, 7) is 0.678. The Morgan fingerprint density at radius 1 is 1.31 bits per heavy atom. The molecule has 66 valence electrons. The monoisotopic (exact) mass is 191 g/mol. The number of anilines is 1. The molecule has 2 aromatic heterocycles. The third kappa shape index (κ3) is 2.26. The Balaban J connectivity index is 1.94. The summed E-state index contributed by atoms with van der Waals surface area (Å²) >= 11 is 1.67. The van der Waals surface area contributed by atoms with E-state index in [-0.39, 0.29) is 0 Å². The fourth-order valence-corrected chi connectivity index (χ4v) is 1.58. The van der Waals surface area contributed by atoms with E-state index >= 15 is 0 Å². The van der Waals surface area contributed by atoms with Gasteiger partial charge in [-0.1, -0.05) is 0 Å². The van der Waals surface area contributed by atoms with Gasteiger partial charge in [-0.15, -0.1) is 0 Å². The molecule has 2 rings (SSSR count). The molecule has 13 heavy (non-hydrogen) atoms. The Kier molecular flexibility index (Phi) is 2.52. The van der Waals surface area contributed by atoms with Gasteiger partial charge in [0.05, 0.1) is 6.54 Å². The SMILES string of the molecule is c1cnc(CNc2ccsc2)nc1. The third-order valence-electron chi connectivity index (χ3n) is 1.59. The highest BCUT2D eigenvalue weighted by atomic mass is 32.1. The molecule has 0 radical (unpaired) electrons. The van der Waals surface area contributed by atoms with Crippen molar-refractivity contribution in [2.45, 2.75) is 6.54 Å². The summed E-state index contributed by atoms with van der Waals surface area (Å²) in [6, 6.07) is 3.85. The first-order valence-electron chi connectivity index (χ1n) is 3.97. The molecule has 0 aliphatic heterocycles. The van der Waals surface area contributed by atoms with Crippen molar-refractivity contribution in [2.24, 2.45) is 0 Å². The lowest BCUT2D eigenvalue weighted by molar-refractivity contribution is 0.949. The van der Waals surface area contributed by atoms with E-state index in [1.807, 2.05) is 17.5 Å². The van der Waals surface area contributed by atoms with E-state index in [0.717, 1.165) is 11.5 Å². The highest BCUT2D eigenvalue weighted by molar-refractivity contribution is 7.08. The smallest absolute Gasteiger partial charge is 0.147 e. The number of rotatable bonds is 3. The van der Waals surface area contributed by atoms with E-state index in [0.29, 0.717) is 6.54 Å². The number of thiophene rings is 1. The van der Waals surface area contributed by atoms with Crippen LogP contribution in [0.15, 0.2) is 35.3 Å². The predicted octanol–water partition coefficient (Wildman–Crippen LogP) is 2.15. The molecule has 2 heterocycles. The molecule has 0 saturated carbocycles. The lowest BCUT2D eigenvalue weighted by Gasteiger charge is -2.00. The molecule has 1 N–H and O–H groups in total. The van der Waals surface area contributed by atoms with Gasteiger partial charge >= 0.3 is 0 Å².